The summed E-state index contributed by atoms with van der Waals surface area (Å²) in [6.07, 6.45) is 0. The Hall–Kier alpha value is -3.22. The molecule has 124 valence electrons. The molecule has 7 nitrogen and oxygen atoms in total. The smallest absolute Gasteiger partial charge is 0.422 e. The number of para-hydroxylation sites is 2. The lowest BCUT2D eigenvalue weighted by Gasteiger charge is -2.12. The zero-order valence-corrected chi connectivity index (χ0v) is 12.8. The van der Waals surface area contributed by atoms with Crippen molar-refractivity contribution in [2.75, 3.05) is 13.9 Å². The summed E-state index contributed by atoms with van der Waals surface area (Å²) in [7, 11) is 1.11. The van der Waals surface area contributed by atoms with Gasteiger partial charge >= 0.3 is 11.9 Å². The number of hydrogen-bond donors (Lipinski definition) is 0. The highest BCUT2D eigenvalue weighted by molar-refractivity contribution is 6.30. The van der Waals surface area contributed by atoms with Crippen LogP contribution in [0, 0.1) is 0 Å². The Kier molecular flexibility index (Phi) is 4.51. The summed E-state index contributed by atoms with van der Waals surface area (Å²) in [6.45, 7) is 0.257. The molecule has 2 aromatic rings. The fraction of sp³-hybridized carbons (Fsp3) is 0.176. The Labute approximate surface area is 137 Å². The number of fused-ring (bicyclic) bond motifs is 1. The lowest BCUT2D eigenvalue weighted by molar-refractivity contribution is -0.160. The van der Waals surface area contributed by atoms with Crippen molar-refractivity contribution >= 4 is 11.9 Å². The van der Waals surface area contributed by atoms with Crippen LogP contribution in [0.15, 0.2) is 42.5 Å². The first-order valence-electron chi connectivity index (χ1n) is 7.08. The number of methoxy groups -OCH3 is 1. The van der Waals surface area contributed by atoms with Gasteiger partial charge in [-0.1, -0.05) is 24.3 Å². The Morgan fingerprint density at radius 1 is 1.00 bits per heavy atom. The van der Waals surface area contributed by atoms with Crippen LogP contribution in [0.2, 0.25) is 0 Å². The number of hydrogen-bond acceptors (Lipinski definition) is 7. The van der Waals surface area contributed by atoms with E-state index in [1.54, 1.807) is 42.5 Å². The molecule has 1 aliphatic heterocycles. The maximum Gasteiger partial charge on any atom is 0.422 e. The maximum absolute atomic E-state index is 11.5. The van der Waals surface area contributed by atoms with Crippen molar-refractivity contribution in [1.29, 1.82) is 0 Å². The molecule has 1 aliphatic rings. The summed E-state index contributed by atoms with van der Waals surface area (Å²) in [5.41, 5.74) is 0.589. The monoisotopic (exact) mass is 330 g/mol. The largest absolute Gasteiger partial charge is 0.485 e. The number of esters is 2. The SMILES string of the molecule is COC(=O)C(=O)Oc1ccccc1COc1cccc2c1OCO2. The van der Waals surface area contributed by atoms with Crippen molar-refractivity contribution in [3.63, 3.8) is 0 Å². The zero-order chi connectivity index (χ0) is 16.9. The van der Waals surface area contributed by atoms with Crippen molar-refractivity contribution in [3.8, 4) is 23.0 Å². The van der Waals surface area contributed by atoms with E-state index in [4.69, 9.17) is 18.9 Å². The molecule has 0 aromatic heterocycles. The highest BCUT2D eigenvalue weighted by Crippen LogP contribution is 2.40. The van der Waals surface area contributed by atoms with E-state index in [1.807, 2.05) is 0 Å². The van der Waals surface area contributed by atoms with Crippen molar-refractivity contribution in [3.05, 3.63) is 48.0 Å². The van der Waals surface area contributed by atoms with Crippen molar-refractivity contribution in [2.45, 2.75) is 6.61 Å². The van der Waals surface area contributed by atoms with Gasteiger partial charge in [0.15, 0.2) is 11.5 Å². The van der Waals surface area contributed by atoms with Crippen LogP contribution < -0.4 is 18.9 Å². The molecule has 0 saturated carbocycles. The van der Waals surface area contributed by atoms with Gasteiger partial charge in [-0.2, -0.15) is 0 Å². The molecule has 0 atom stereocenters. The van der Waals surface area contributed by atoms with Crippen LogP contribution in [0.5, 0.6) is 23.0 Å². The minimum atomic E-state index is -1.10. The predicted molar refractivity (Wildman–Crippen MR) is 81.0 cm³/mol. The predicted octanol–water partition coefficient (Wildman–Crippen LogP) is 2.07. The third kappa shape index (κ3) is 3.24. The van der Waals surface area contributed by atoms with Crippen molar-refractivity contribution in [2.24, 2.45) is 0 Å². The molecule has 0 bridgehead atoms. The van der Waals surface area contributed by atoms with Gasteiger partial charge in [-0.15, -0.1) is 0 Å². The fourth-order valence-corrected chi connectivity index (χ4v) is 2.12. The third-order valence-electron chi connectivity index (χ3n) is 3.27. The zero-order valence-electron chi connectivity index (χ0n) is 12.8. The topological polar surface area (TPSA) is 80.3 Å². The van der Waals surface area contributed by atoms with Gasteiger partial charge in [0.2, 0.25) is 12.5 Å². The molecule has 0 spiro atoms. The van der Waals surface area contributed by atoms with Gasteiger partial charge in [0.05, 0.1) is 7.11 Å². The quantitative estimate of drug-likeness (QED) is 0.482. The van der Waals surface area contributed by atoms with Gasteiger partial charge in [-0.05, 0) is 18.2 Å². The number of benzene rings is 2. The summed E-state index contributed by atoms with van der Waals surface area (Å²) in [4.78, 5) is 22.7. The first-order valence-corrected chi connectivity index (χ1v) is 7.08. The fourth-order valence-electron chi connectivity index (χ4n) is 2.12. The van der Waals surface area contributed by atoms with Crippen LogP contribution in [-0.2, 0) is 20.9 Å². The second-order valence-corrected chi connectivity index (χ2v) is 4.77. The minimum Gasteiger partial charge on any atom is -0.485 e. The molecule has 1 heterocycles. The molecular formula is C17H14O7. The van der Waals surface area contributed by atoms with E-state index in [0.717, 1.165) is 7.11 Å². The normalized spacial score (nSPS) is 11.7. The average Bonchev–Trinajstić information content (AvgIpc) is 3.09. The second kappa shape index (κ2) is 6.91. The molecule has 0 radical (unpaired) electrons. The molecule has 0 N–H and O–H groups in total. The second-order valence-electron chi connectivity index (χ2n) is 4.77. The van der Waals surface area contributed by atoms with E-state index in [-0.39, 0.29) is 19.1 Å². The Balaban J connectivity index is 1.73. The van der Waals surface area contributed by atoms with Gasteiger partial charge < -0.3 is 23.7 Å². The van der Waals surface area contributed by atoms with Crippen LogP contribution >= 0.6 is 0 Å². The van der Waals surface area contributed by atoms with Crippen LogP contribution in [0.3, 0.4) is 0 Å². The number of ether oxygens (including phenoxy) is 5. The Morgan fingerprint density at radius 2 is 1.79 bits per heavy atom. The Bertz CT molecular complexity index is 769. The summed E-state index contributed by atoms with van der Waals surface area (Å²) < 4.78 is 25.7. The summed E-state index contributed by atoms with van der Waals surface area (Å²) in [5.74, 6) is -0.296. The summed E-state index contributed by atoms with van der Waals surface area (Å²) in [5, 5.41) is 0. The molecule has 3 rings (SSSR count). The molecule has 2 aromatic carbocycles. The average molecular weight is 330 g/mol. The van der Waals surface area contributed by atoms with E-state index in [0.29, 0.717) is 22.8 Å². The Morgan fingerprint density at radius 3 is 2.62 bits per heavy atom. The van der Waals surface area contributed by atoms with Crippen molar-refractivity contribution < 1.29 is 33.3 Å². The van der Waals surface area contributed by atoms with Gasteiger partial charge in [0.25, 0.3) is 0 Å². The van der Waals surface area contributed by atoms with E-state index >= 15 is 0 Å². The highest BCUT2D eigenvalue weighted by Gasteiger charge is 2.20. The minimum absolute atomic E-state index is 0.116. The number of rotatable bonds is 4. The van der Waals surface area contributed by atoms with Crippen molar-refractivity contribution in [1.82, 2.24) is 0 Å². The third-order valence-corrected chi connectivity index (χ3v) is 3.27. The van der Waals surface area contributed by atoms with E-state index in [1.165, 1.54) is 0 Å². The molecule has 0 saturated heterocycles. The van der Waals surface area contributed by atoms with Gasteiger partial charge in [0.1, 0.15) is 12.4 Å². The van der Waals surface area contributed by atoms with Crippen LogP contribution in [0.1, 0.15) is 5.56 Å². The molecule has 0 fully saturated rings. The van der Waals surface area contributed by atoms with E-state index in [9.17, 15) is 9.59 Å². The molecule has 0 aliphatic carbocycles. The molecule has 0 amide bonds. The lowest BCUT2D eigenvalue weighted by atomic mass is 10.2. The van der Waals surface area contributed by atoms with Gasteiger partial charge in [-0.25, -0.2) is 9.59 Å². The highest BCUT2D eigenvalue weighted by atomic mass is 16.7. The molecule has 7 heteroatoms. The maximum atomic E-state index is 11.5. The van der Waals surface area contributed by atoms with Gasteiger partial charge in [-0.3, -0.25) is 0 Å². The van der Waals surface area contributed by atoms with E-state index in [2.05, 4.69) is 4.74 Å². The lowest BCUT2D eigenvalue weighted by Crippen LogP contribution is -2.22. The standard InChI is InChI=1S/C17H14O7/c1-20-16(18)17(19)24-12-6-3-2-5-11(12)9-21-13-7-4-8-14-15(13)23-10-22-14/h2-8H,9-10H2,1H3. The molecule has 24 heavy (non-hydrogen) atoms. The molecule has 0 unspecified atom stereocenters. The van der Waals surface area contributed by atoms with Crippen LogP contribution in [0.25, 0.3) is 0 Å². The number of carbonyl (C=O) groups is 2. The first kappa shape index (κ1) is 15.7. The first-order chi connectivity index (χ1) is 11.7. The van der Waals surface area contributed by atoms with E-state index < -0.39 is 11.9 Å². The van der Waals surface area contributed by atoms with Gasteiger partial charge in [0, 0.05) is 5.56 Å². The molecular weight excluding hydrogens is 316 g/mol. The number of carbonyl (C=O) groups excluding carboxylic acids is 2. The van der Waals surface area contributed by atoms with Crippen LogP contribution in [-0.4, -0.2) is 25.8 Å². The summed E-state index contributed by atoms with van der Waals surface area (Å²) >= 11 is 0. The summed E-state index contributed by atoms with van der Waals surface area (Å²) in [6, 6.07) is 12.0. The van der Waals surface area contributed by atoms with Crippen LogP contribution in [0.4, 0.5) is 0 Å².